The Labute approximate surface area is 206 Å². The first kappa shape index (κ1) is 31.9. The topological polar surface area (TPSA) is 52.6 Å². The molecule has 0 fully saturated rings. The zero-order valence-electron chi connectivity index (χ0n) is 22.4. The van der Waals surface area contributed by atoms with E-state index < -0.39 is 0 Å². The van der Waals surface area contributed by atoms with E-state index in [1.807, 2.05) is 0 Å². The SMILES string of the molecule is CCCCCCCCCCC(CCCCCCCCCOC(=O)C(CC)CCCC)OC=O. The van der Waals surface area contributed by atoms with Crippen LogP contribution in [0.3, 0.4) is 0 Å². The van der Waals surface area contributed by atoms with E-state index in [4.69, 9.17) is 9.47 Å². The molecular weight excluding hydrogens is 412 g/mol. The highest BCUT2D eigenvalue weighted by molar-refractivity contribution is 5.72. The zero-order valence-corrected chi connectivity index (χ0v) is 22.4. The van der Waals surface area contributed by atoms with Gasteiger partial charge in [0.1, 0.15) is 6.10 Å². The van der Waals surface area contributed by atoms with Gasteiger partial charge < -0.3 is 9.47 Å². The summed E-state index contributed by atoms with van der Waals surface area (Å²) in [6, 6.07) is 0. The number of unbranched alkanes of at least 4 members (excludes halogenated alkanes) is 14. The van der Waals surface area contributed by atoms with E-state index in [1.54, 1.807) is 0 Å². The van der Waals surface area contributed by atoms with Gasteiger partial charge in [-0.25, -0.2) is 0 Å². The van der Waals surface area contributed by atoms with Crippen LogP contribution in [0.25, 0.3) is 0 Å². The first-order valence-electron chi connectivity index (χ1n) is 14.4. The summed E-state index contributed by atoms with van der Waals surface area (Å²) in [6.07, 6.45) is 24.9. The number of esters is 1. The molecule has 0 aromatic heterocycles. The average Bonchev–Trinajstić information content (AvgIpc) is 2.82. The van der Waals surface area contributed by atoms with E-state index in [9.17, 15) is 9.59 Å². The van der Waals surface area contributed by atoms with Crippen molar-refractivity contribution in [3.63, 3.8) is 0 Å². The van der Waals surface area contributed by atoms with Crippen molar-refractivity contribution in [1.82, 2.24) is 0 Å². The maximum absolute atomic E-state index is 12.1. The van der Waals surface area contributed by atoms with Crippen LogP contribution in [0.15, 0.2) is 0 Å². The fourth-order valence-electron chi connectivity index (χ4n) is 4.45. The Balaban J connectivity index is 3.58. The molecule has 0 heterocycles. The van der Waals surface area contributed by atoms with E-state index in [2.05, 4.69) is 20.8 Å². The van der Waals surface area contributed by atoms with Gasteiger partial charge in [0.15, 0.2) is 0 Å². The van der Waals surface area contributed by atoms with Crippen LogP contribution >= 0.6 is 0 Å². The van der Waals surface area contributed by atoms with E-state index in [0.29, 0.717) is 13.1 Å². The average molecular weight is 469 g/mol. The van der Waals surface area contributed by atoms with Gasteiger partial charge in [-0.3, -0.25) is 9.59 Å². The normalized spacial score (nSPS) is 12.9. The van der Waals surface area contributed by atoms with Crippen LogP contribution in [-0.2, 0) is 19.1 Å². The third-order valence-electron chi connectivity index (χ3n) is 6.77. The molecule has 0 amide bonds. The quantitative estimate of drug-likeness (QED) is 0.0722. The van der Waals surface area contributed by atoms with Crippen molar-refractivity contribution in [2.24, 2.45) is 5.92 Å². The highest BCUT2D eigenvalue weighted by Crippen LogP contribution is 2.17. The Morgan fingerprint density at radius 2 is 1.12 bits per heavy atom. The van der Waals surface area contributed by atoms with Crippen molar-refractivity contribution in [3.05, 3.63) is 0 Å². The molecule has 0 N–H and O–H groups in total. The maximum atomic E-state index is 12.1. The zero-order chi connectivity index (χ0) is 24.4. The smallest absolute Gasteiger partial charge is 0.308 e. The van der Waals surface area contributed by atoms with Crippen molar-refractivity contribution in [3.8, 4) is 0 Å². The standard InChI is InChI=1S/C29H56O4/c1-4-7-9-10-11-13-16-19-23-28(33-26-30)24-20-17-14-12-15-18-21-25-32-29(31)27(6-3)22-8-5-2/h26-28H,4-25H2,1-3H3. The molecule has 0 bridgehead atoms. The molecule has 4 nitrogen and oxygen atoms in total. The second kappa shape index (κ2) is 25.6. The lowest BCUT2D eigenvalue weighted by Gasteiger charge is -2.15. The number of hydrogen-bond donors (Lipinski definition) is 0. The van der Waals surface area contributed by atoms with E-state index in [-0.39, 0.29) is 18.0 Å². The number of hydrogen-bond acceptors (Lipinski definition) is 4. The number of rotatable bonds is 26. The maximum Gasteiger partial charge on any atom is 0.308 e. The van der Waals surface area contributed by atoms with Gasteiger partial charge in [-0.15, -0.1) is 0 Å². The lowest BCUT2D eigenvalue weighted by molar-refractivity contribution is -0.149. The van der Waals surface area contributed by atoms with Crippen LogP contribution in [0.1, 0.15) is 156 Å². The molecule has 0 aliphatic rings. The Hall–Kier alpha value is -1.06. The Morgan fingerprint density at radius 3 is 1.61 bits per heavy atom. The third kappa shape index (κ3) is 21.2. The third-order valence-corrected chi connectivity index (χ3v) is 6.77. The summed E-state index contributed by atoms with van der Waals surface area (Å²) in [4.78, 5) is 22.9. The second-order valence-corrected chi connectivity index (χ2v) is 9.80. The summed E-state index contributed by atoms with van der Waals surface area (Å²) in [7, 11) is 0. The van der Waals surface area contributed by atoms with Crippen LogP contribution in [0.2, 0.25) is 0 Å². The summed E-state index contributed by atoms with van der Waals surface area (Å²) in [6.45, 7) is 7.70. The summed E-state index contributed by atoms with van der Waals surface area (Å²) in [5.41, 5.74) is 0. The predicted molar refractivity (Wildman–Crippen MR) is 139 cm³/mol. The summed E-state index contributed by atoms with van der Waals surface area (Å²) in [5, 5.41) is 0. The molecule has 0 saturated carbocycles. The van der Waals surface area contributed by atoms with Crippen molar-refractivity contribution in [2.75, 3.05) is 6.61 Å². The molecule has 0 aromatic carbocycles. The van der Waals surface area contributed by atoms with Crippen molar-refractivity contribution in [1.29, 1.82) is 0 Å². The molecule has 0 saturated heterocycles. The van der Waals surface area contributed by atoms with Crippen LogP contribution in [0, 0.1) is 5.92 Å². The van der Waals surface area contributed by atoms with E-state index in [0.717, 1.165) is 57.8 Å². The largest absolute Gasteiger partial charge is 0.465 e. The lowest BCUT2D eigenvalue weighted by Crippen LogP contribution is -2.17. The van der Waals surface area contributed by atoms with Gasteiger partial charge in [0.25, 0.3) is 6.47 Å². The Morgan fingerprint density at radius 1 is 0.636 bits per heavy atom. The van der Waals surface area contributed by atoms with Crippen LogP contribution < -0.4 is 0 Å². The van der Waals surface area contributed by atoms with Gasteiger partial charge in [-0.2, -0.15) is 0 Å². The molecule has 4 heteroatoms. The lowest BCUT2D eigenvalue weighted by atomic mass is 10.00. The van der Waals surface area contributed by atoms with Crippen LogP contribution in [-0.4, -0.2) is 25.2 Å². The highest BCUT2D eigenvalue weighted by atomic mass is 16.5. The summed E-state index contributed by atoms with van der Waals surface area (Å²) < 4.78 is 10.8. The first-order chi connectivity index (χ1) is 16.2. The molecule has 0 aromatic rings. The van der Waals surface area contributed by atoms with Gasteiger partial charge in [0, 0.05) is 0 Å². The van der Waals surface area contributed by atoms with Gasteiger partial charge in [0.05, 0.1) is 12.5 Å². The molecule has 33 heavy (non-hydrogen) atoms. The number of ether oxygens (including phenoxy) is 2. The van der Waals surface area contributed by atoms with E-state index >= 15 is 0 Å². The van der Waals surface area contributed by atoms with Crippen molar-refractivity contribution >= 4 is 12.4 Å². The fraction of sp³-hybridized carbons (Fsp3) is 0.931. The summed E-state index contributed by atoms with van der Waals surface area (Å²) >= 11 is 0. The fourth-order valence-corrected chi connectivity index (χ4v) is 4.45. The molecule has 0 aliphatic carbocycles. The molecule has 196 valence electrons. The van der Waals surface area contributed by atoms with Crippen molar-refractivity contribution < 1.29 is 19.1 Å². The highest BCUT2D eigenvalue weighted by Gasteiger charge is 2.16. The number of carbonyl (C=O) groups excluding carboxylic acids is 2. The van der Waals surface area contributed by atoms with Gasteiger partial charge in [0.2, 0.25) is 0 Å². The minimum Gasteiger partial charge on any atom is -0.465 e. The first-order valence-corrected chi connectivity index (χ1v) is 14.4. The van der Waals surface area contributed by atoms with E-state index in [1.165, 1.54) is 77.0 Å². The van der Waals surface area contributed by atoms with Crippen molar-refractivity contribution in [2.45, 2.75) is 162 Å². The molecule has 0 spiro atoms. The molecule has 0 aliphatic heterocycles. The monoisotopic (exact) mass is 468 g/mol. The summed E-state index contributed by atoms with van der Waals surface area (Å²) in [5.74, 6) is 0.0949. The molecular formula is C29H56O4. The van der Waals surface area contributed by atoms with Gasteiger partial charge in [-0.05, 0) is 44.9 Å². The molecule has 0 rings (SSSR count). The molecule has 2 unspecified atom stereocenters. The van der Waals surface area contributed by atoms with Gasteiger partial charge in [-0.1, -0.05) is 111 Å². The van der Waals surface area contributed by atoms with Gasteiger partial charge >= 0.3 is 5.97 Å². The second-order valence-electron chi connectivity index (χ2n) is 9.80. The minimum absolute atomic E-state index is 0.00465. The van der Waals surface area contributed by atoms with Crippen LogP contribution in [0.4, 0.5) is 0 Å². The molecule has 0 radical (unpaired) electrons. The van der Waals surface area contributed by atoms with Crippen LogP contribution in [0.5, 0.6) is 0 Å². The Kier molecular flexibility index (Phi) is 24.7. The number of carbonyl (C=O) groups is 2. The molecule has 2 atom stereocenters. The minimum atomic E-state index is 0.00465. The predicted octanol–water partition coefficient (Wildman–Crippen LogP) is 8.94. The Bertz CT molecular complexity index is 424.